The van der Waals surface area contributed by atoms with Crippen molar-refractivity contribution in [3.05, 3.63) is 0 Å². The van der Waals surface area contributed by atoms with Gasteiger partial charge in [-0.15, -0.1) is 20.7 Å². The van der Waals surface area contributed by atoms with Crippen LogP contribution in [0.2, 0.25) is 0 Å². The first-order valence-corrected chi connectivity index (χ1v) is 13.0. The lowest BCUT2D eigenvalue weighted by Crippen LogP contribution is -2.62. The average molecular weight is 486 g/mol. The van der Waals surface area contributed by atoms with E-state index in [-0.39, 0.29) is 49.4 Å². The first-order valence-electron chi connectivity index (χ1n) is 10.6. The molecule has 3 saturated carbocycles. The summed E-state index contributed by atoms with van der Waals surface area (Å²) in [6.45, 7) is 11.1. The maximum atomic E-state index is 13.1. The van der Waals surface area contributed by atoms with Crippen LogP contribution in [0.4, 0.5) is 0 Å². The van der Waals surface area contributed by atoms with Crippen LogP contribution in [0, 0.1) is 29.1 Å². The van der Waals surface area contributed by atoms with Crippen LogP contribution in [0.1, 0.15) is 73.1 Å². The van der Waals surface area contributed by atoms with Crippen molar-refractivity contribution in [1.29, 1.82) is 0 Å². The molecule has 1 aliphatic heterocycles. The molecule has 4 rings (SSSR count). The van der Waals surface area contributed by atoms with Gasteiger partial charge in [-0.25, -0.2) is 0 Å². The van der Waals surface area contributed by atoms with Crippen molar-refractivity contribution in [1.82, 2.24) is 10.6 Å². The van der Waals surface area contributed by atoms with E-state index in [9.17, 15) is 9.59 Å². The summed E-state index contributed by atoms with van der Waals surface area (Å²) in [6.07, 6.45) is 7.00. The van der Waals surface area contributed by atoms with E-state index in [2.05, 4.69) is 45.3 Å². The number of fused-ring (bicyclic) bond motifs is 5. The van der Waals surface area contributed by atoms with Gasteiger partial charge in [0.1, 0.15) is 0 Å². The molecule has 4 aliphatic rings. The summed E-state index contributed by atoms with van der Waals surface area (Å²) in [6, 6.07) is 0.384. The Balaban J connectivity index is 1.58. The fourth-order valence-electron chi connectivity index (χ4n) is 6.92. The maximum absolute atomic E-state index is 13.1. The van der Waals surface area contributed by atoms with Crippen LogP contribution in [0.5, 0.6) is 0 Å². The normalized spacial score (nSPS) is 46.4. The van der Waals surface area contributed by atoms with E-state index < -0.39 is 0 Å². The van der Waals surface area contributed by atoms with Crippen molar-refractivity contribution in [3.63, 3.8) is 0 Å². The Labute approximate surface area is 173 Å². The molecular formula is C22H35IN2O2. The Bertz CT molecular complexity index is 684. The summed E-state index contributed by atoms with van der Waals surface area (Å²) in [4.78, 5) is 25.0. The largest absolute Gasteiger partial charge is 0.351 e. The molecule has 0 spiro atoms. The SMILES string of the molecule is CC(C)(C)NC(=O)C1CCC2C3CCC4NC(=O)C=I[C@]4(C)C3CC[C@]12C. The van der Waals surface area contributed by atoms with Crippen LogP contribution in [-0.4, -0.2) is 30.8 Å². The number of hydrogen-bond donors (Lipinski definition) is 2. The maximum Gasteiger partial charge on any atom is 0.249 e. The van der Waals surface area contributed by atoms with E-state index in [0.717, 1.165) is 24.7 Å². The second-order valence-corrected chi connectivity index (χ2v) is 14.4. The van der Waals surface area contributed by atoms with Gasteiger partial charge in [0.15, 0.2) is 0 Å². The van der Waals surface area contributed by atoms with E-state index in [0.29, 0.717) is 15.4 Å². The molecule has 27 heavy (non-hydrogen) atoms. The van der Waals surface area contributed by atoms with Gasteiger partial charge >= 0.3 is 0 Å². The summed E-state index contributed by atoms with van der Waals surface area (Å²) in [5, 5.41) is 6.55. The molecule has 2 amide bonds. The van der Waals surface area contributed by atoms with Crippen LogP contribution >= 0.6 is 20.7 Å². The predicted molar refractivity (Wildman–Crippen MR) is 118 cm³/mol. The lowest BCUT2D eigenvalue weighted by Gasteiger charge is -2.58. The first-order chi connectivity index (χ1) is 12.5. The Morgan fingerprint density at radius 3 is 2.59 bits per heavy atom. The minimum Gasteiger partial charge on any atom is -0.351 e. The summed E-state index contributed by atoms with van der Waals surface area (Å²) >= 11 is -0.212. The molecule has 3 aliphatic carbocycles. The van der Waals surface area contributed by atoms with Gasteiger partial charge in [-0.1, -0.05) is 6.92 Å². The molecule has 5 unspecified atom stereocenters. The molecular weight excluding hydrogens is 451 g/mol. The molecule has 1 heterocycles. The third-order valence-corrected chi connectivity index (χ3v) is 11.9. The highest BCUT2D eigenvalue weighted by molar-refractivity contribution is 14.2. The number of halogens is 1. The molecule has 0 radical (unpaired) electrons. The number of nitrogens with one attached hydrogen (secondary N) is 2. The molecule has 0 saturated heterocycles. The summed E-state index contributed by atoms with van der Waals surface area (Å²) in [7, 11) is 0. The molecule has 152 valence electrons. The highest BCUT2D eigenvalue weighted by atomic mass is 127. The summed E-state index contributed by atoms with van der Waals surface area (Å²) in [5.41, 5.74) is -0.00547. The molecule has 2 N–H and O–H groups in total. The zero-order chi connectivity index (χ0) is 19.6. The van der Waals surface area contributed by atoms with Crippen molar-refractivity contribution < 1.29 is 9.59 Å². The van der Waals surface area contributed by atoms with Gasteiger partial charge in [0.25, 0.3) is 0 Å². The van der Waals surface area contributed by atoms with Crippen LogP contribution in [-0.2, 0) is 9.59 Å². The number of rotatable bonds is 1. The van der Waals surface area contributed by atoms with E-state index in [1.165, 1.54) is 25.7 Å². The smallest absolute Gasteiger partial charge is 0.249 e. The first kappa shape index (κ1) is 19.8. The Hall–Kier alpha value is -0.460. The Morgan fingerprint density at radius 1 is 1.15 bits per heavy atom. The lowest BCUT2D eigenvalue weighted by molar-refractivity contribution is -0.133. The third kappa shape index (κ3) is 3.20. The molecule has 4 nitrogen and oxygen atoms in total. The summed E-state index contributed by atoms with van der Waals surface area (Å²) in [5.74, 6) is 2.75. The van der Waals surface area contributed by atoms with E-state index >= 15 is 0 Å². The standard InChI is InChI=1S/C22H35IN2O2/c1-20(2,3)25-19(27)16-8-7-14-13-6-9-17-22(5,23-12-18(26)24-17)15(13)10-11-21(14,16)4/h12-17H,6-11H2,1-5H3,(H,24,26)(H,25,27)/t13?,14?,15?,16?,17?,21-,22+/m0/s1. The highest BCUT2D eigenvalue weighted by Gasteiger charge is 2.61. The van der Waals surface area contributed by atoms with Gasteiger partial charge in [0.05, 0.1) is 0 Å². The summed E-state index contributed by atoms with van der Waals surface area (Å²) < 4.78 is 2.29. The molecule has 0 aromatic carbocycles. The van der Waals surface area contributed by atoms with Crippen LogP contribution < -0.4 is 10.6 Å². The van der Waals surface area contributed by atoms with Crippen LogP contribution in [0.15, 0.2) is 0 Å². The predicted octanol–water partition coefficient (Wildman–Crippen LogP) is 3.78. The van der Waals surface area contributed by atoms with Gasteiger partial charge in [-0.05, 0) is 89.4 Å². The number of carbonyl (C=O) groups excluding carboxylic acids is 2. The number of hydrogen-bond acceptors (Lipinski definition) is 2. The quantitative estimate of drug-likeness (QED) is 0.438. The van der Waals surface area contributed by atoms with Crippen molar-refractivity contribution in [2.24, 2.45) is 29.1 Å². The average Bonchev–Trinajstić information content (AvgIpc) is 2.91. The van der Waals surface area contributed by atoms with Crippen molar-refractivity contribution in [2.45, 2.75) is 88.1 Å². The van der Waals surface area contributed by atoms with Crippen molar-refractivity contribution in [2.75, 3.05) is 0 Å². The second-order valence-electron chi connectivity index (χ2n) is 10.8. The fraction of sp³-hybridized carbons (Fsp3) is 0.864. The van der Waals surface area contributed by atoms with Crippen LogP contribution in [0.25, 0.3) is 0 Å². The monoisotopic (exact) mass is 486 g/mol. The Kier molecular flexibility index (Phi) is 4.80. The molecule has 7 atom stereocenters. The van der Waals surface area contributed by atoms with E-state index in [1.807, 2.05) is 4.01 Å². The highest BCUT2D eigenvalue weighted by Crippen LogP contribution is 2.65. The molecule has 3 fully saturated rings. The van der Waals surface area contributed by atoms with Crippen molar-refractivity contribution >= 4 is 36.6 Å². The van der Waals surface area contributed by atoms with Gasteiger partial charge < -0.3 is 10.6 Å². The second kappa shape index (κ2) is 6.53. The molecule has 0 aromatic rings. The minimum atomic E-state index is -0.212. The number of alkyl halides is 1. The van der Waals surface area contributed by atoms with Crippen LogP contribution in [0.3, 0.4) is 0 Å². The fourth-order valence-corrected chi connectivity index (χ4v) is 10.2. The zero-order valence-electron chi connectivity index (χ0n) is 17.4. The van der Waals surface area contributed by atoms with Gasteiger partial charge in [0, 0.05) is 24.9 Å². The topological polar surface area (TPSA) is 58.2 Å². The van der Waals surface area contributed by atoms with E-state index in [1.54, 1.807) is 0 Å². The minimum absolute atomic E-state index is 0.152. The van der Waals surface area contributed by atoms with Gasteiger partial charge in [-0.3, -0.25) is 9.59 Å². The number of carbonyl (C=O) groups is 2. The molecule has 0 bridgehead atoms. The van der Waals surface area contributed by atoms with E-state index in [4.69, 9.17) is 0 Å². The Morgan fingerprint density at radius 2 is 1.89 bits per heavy atom. The van der Waals surface area contributed by atoms with Gasteiger partial charge in [-0.2, -0.15) is 0 Å². The number of amides is 2. The lowest BCUT2D eigenvalue weighted by atomic mass is 9.52. The molecule has 5 heteroatoms. The third-order valence-electron chi connectivity index (χ3n) is 8.15. The van der Waals surface area contributed by atoms with Gasteiger partial charge in [0.2, 0.25) is 11.8 Å². The molecule has 0 aromatic heterocycles. The van der Waals surface area contributed by atoms with Crippen molar-refractivity contribution in [3.8, 4) is 0 Å². The zero-order valence-corrected chi connectivity index (χ0v) is 19.6.